The van der Waals surface area contributed by atoms with E-state index in [4.69, 9.17) is 5.26 Å². The van der Waals surface area contributed by atoms with Gasteiger partial charge in [-0.2, -0.15) is 5.26 Å². The smallest absolute Gasteiger partial charge is 0.255 e. The van der Waals surface area contributed by atoms with Crippen LogP contribution in [0.4, 0.5) is 0 Å². The number of amides is 1. The van der Waals surface area contributed by atoms with Gasteiger partial charge in [0.05, 0.1) is 11.6 Å². The molecule has 18 heavy (non-hydrogen) atoms. The molecule has 1 aromatic carbocycles. The van der Waals surface area contributed by atoms with Gasteiger partial charge in [-0.15, -0.1) is 0 Å². The van der Waals surface area contributed by atoms with Crippen molar-refractivity contribution in [2.45, 2.75) is 32.1 Å². The number of nitrogens with zero attached hydrogens (tertiary/aromatic N) is 1. The van der Waals surface area contributed by atoms with Crippen molar-refractivity contribution in [2.24, 2.45) is 0 Å². The van der Waals surface area contributed by atoms with Crippen LogP contribution in [0.2, 0.25) is 0 Å². The van der Waals surface area contributed by atoms with Crippen molar-refractivity contribution in [1.82, 2.24) is 5.32 Å². The zero-order valence-electron chi connectivity index (χ0n) is 10.4. The minimum atomic E-state index is -0.245. The van der Waals surface area contributed by atoms with Gasteiger partial charge in [0.15, 0.2) is 0 Å². The van der Waals surface area contributed by atoms with E-state index < -0.39 is 0 Å². The van der Waals surface area contributed by atoms with Crippen LogP contribution in [0, 0.1) is 11.3 Å². The lowest BCUT2D eigenvalue weighted by Gasteiger charge is -2.06. The molecule has 1 amide bonds. The third kappa shape index (κ3) is 4.88. The fourth-order valence-electron chi connectivity index (χ4n) is 1.65. The quantitative estimate of drug-likeness (QED) is 0.726. The van der Waals surface area contributed by atoms with Gasteiger partial charge in [-0.3, -0.25) is 4.79 Å². The number of hydrogen-bond donors (Lipinski definition) is 2. The molecule has 0 fully saturated rings. The number of nitriles is 1. The molecule has 0 aliphatic rings. The molecule has 0 aliphatic carbocycles. The van der Waals surface area contributed by atoms with E-state index >= 15 is 0 Å². The fourth-order valence-corrected chi connectivity index (χ4v) is 1.65. The Hall–Kier alpha value is -2.02. The molecule has 0 heterocycles. The number of aromatic hydroxyl groups is 1. The minimum absolute atomic E-state index is 0.00372. The van der Waals surface area contributed by atoms with Crippen LogP contribution in [-0.2, 0) is 0 Å². The average molecular weight is 246 g/mol. The van der Waals surface area contributed by atoms with Crippen LogP contribution in [0.1, 0.15) is 42.5 Å². The first-order valence-electron chi connectivity index (χ1n) is 6.19. The molecule has 0 aliphatic heterocycles. The van der Waals surface area contributed by atoms with Crippen LogP contribution in [0.3, 0.4) is 0 Å². The zero-order valence-corrected chi connectivity index (χ0v) is 10.4. The summed E-state index contributed by atoms with van der Waals surface area (Å²) in [4.78, 5) is 11.7. The first-order chi connectivity index (χ1) is 8.75. The summed E-state index contributed by atoms with van der Waals surface area (Å²) in [5.41, 5.74) is 0.307. The van der Waals surface area contributed by atoms with Crippen molar-refractivity contribution in [3.05, 3.63) is 29.8 Å². The molecule has 4 nitrogen and oxygen atoms in total. The normalized spacial score (nSPS) is 9.72. The molecule has 96 valence electrons. The molecule has 0 unspecified atom stereocenters. The number of phenolic OH excluding ortho intramolecular Hbond substituents is 1. The molecule has 0 atom stereocenters. The summed E-state index contributed by atoms with van der Waals surface area (Å²) in [7, 11) is 0. The number of unbranched alkanes of at least 4 members (excludes halogenated alkanes) is 4. The zero-order chi connectivity index (χ0) is 13.2. The summed E-state index contributed by atoms with van der Waals surface area (Å²) in [5, 5.41) is 20.6. The van der Waals surface area contributed by atoms with Gasteiger partial charge in [0, 0.05) is 13.0 Å². The first kappa shape index (κ1) is 14.0. The van der Waals surface area contributed by atoms with Crippen LogP contribution in [0.25, 0.3) is 0 Å². The molecular formula is C14H18N2O2. The van der Waals surface area contributed by atoms with Crippen LogP contribution < -0.4 is 5.32 Å². The highest BCUT2D eigenvalue weighted by Gasteiger charge is 2.08. The van der Waals surface area contributed by atoms with E-state index in [1.807, 2.05) is 0 Å². The second-order valence-electron chi connectivity index (χ2n) is 4.10. The van der Waals surface area contributed by atoms with E-state index in [1.54, 1.807) is 18.2 Å². The molecule has 0 bridgehead atoms. The largest absolute Gasteiger partial charge is 0.507 e. The predicted molar refractivity (Wildman–Crippen MR) is 69.1 cm³/mol. The van der Waals surface area contributed by atoms with Crippen LogP contribution in [0.5, 0.6) is 5.75 Å². The molecule has 0 saturated heterocycles. The van der Waals surface area contributed by atoms with Crippen molar-refractivity contribution in [3.63, 3.8) is 0 Å². The Bertz CT molecular complexity index is 424. The topological polar surface area (TPSA) is 73.1 Å². The van der Waals surface area contributed by atoms with Crippen molar-refractivity contribution < 1.29 is 9.90 Å². The standard InChI is InChI=1S/C14H18N2O2/c15-10-6-2-1-3-7-11-16-14(18)12-8-4-5-9-13(12)17/h4-5,8-9,17H,1-3,6-7,11H2,(H,16,18). The summed E-state index contributed by atoms with van der Waals surface area (Å²) in [6.07, 6.45) is 4.43. The molecule has 1 rings (SSSR count). The van der Waals surface area contributed by atoms with E-state index in [9.17, 15) is 9.90 Å². The number of phenols is 1. The van der Waals surface area contributed by atoms with Gasteiger partial charge in [0.2, 0.25) is 0 Å². The number of carbonyl (C=O) groups is 1. The lowest BCUT2D eigenvalue weighted by Crippen LogP contribution is -2.24. The van der Waals surface area contributed by atoms with Gasteiger partial charge in [0.1, 0.15) is 5.75 Å². The average Bonchev–Trinajstić information content (AvgIpc) is 2.38. The highest BCUT2D eigenvalue weighted by atomic mass is 16.3. The van der Waals surface area contributed by atoms with Crippen molar-refractivity contribution in [3.8, 4) is 11.8 Å². The first-order valence-corrected chi connectivity index (χ1v) is 6.19. The molecule has 0 aromatic heterocycles. The lowest BCUT2D eigenvalue weighted by molar-refractivity contribution is 0.0950. The van der Waals surface area contributed by atoms with E-state index in [1.165, 1.54) is 6.07 Å². The second-order valence-corrected chi connectivity index (χ2v) is 4.10. The highest BCUT2D eigenvalue weighted by Crippen LogP contribution is 2.14. The molecule has 2 N–H and O–H groups in total. The Balaban J connectivity index is 2.19. The van der Waals surface area contributed by atoms with Crippen molar-refractivity contribution in [1.29, 1.82) is 5.26 Å². The summed E-state index contributed by atoms with van der Waals surface area (Å²) in [6, 6.07) is 8.60. The third-order valence-corrected chi connectivity index (χ3v) is 2.65. The molecule has 0 spiro atoms. The van der Waals surface area contributed by atoms with Gasteiger partial charge < -0.3 is 10.4 Å². The fraction of sp³-hybridized carbons (Fsp3) is 0.429. The number of nitrogens with one attached hydrogen (secondary N) is 1. The van der Waals surface area contributed by atoms with Gasteiger partial charge in [0.25, 0.3) is 5.91 Å². The molecule has 4 heteroatoms. The Morgan fingerprint density at radius 2 is 1.94 bits per heavy atom. The molecule has 0 radical (unpaired) electrons. The maximum absolute atomic E-state index is 11.7. The molecule has 1 aromatic rings. The van der Waals surface area contributed by atoms with Crippen LogP contribution in [0.15, 0.2) is 24.3 Å². The number of carbonyl (C=O) groups excluding carboxylic acids is 1. The Labute approximate surface area is 107 Å². The number of rotatable bonds is 7. The second kappa shape index (κ2) is 8.13. The number of benzene rings is 1. The predicted octanol–water partition coefficient (Wildman–Crippen LogP) is 2.60. The van der Waals surface area contributed by atoms with Crippen LogP contribution in [-0.4, -0.2) is 17.6 Å². The minimum Gasteiger partial charge on any atom is -0.507 e. The summed E-state index contributed by atoms with van der Waals surface area (Å²) in [5.74, 6) is -0.242. The maximum Gasteiger partial charge on any atom is 0.255 e. The van der Waals surface area contributed by atoms with E-state index in [0.29, 0.717) is 18.5 Å². The Kier molecular flexibility index (Phi) is 6.34. The van der Waals surface area contributed by atoms with Crippen molar-refractivity contribution in [2.75, 3.05) is 6.54 Å². The highest BCUT2D eigenvalue weighted by molar-refractivity contribution is 5.96. The number of para-hydroxylation sites is 1. The molecular weight excluding hydrogens is 228 g/mol. The summed E-state index contributed by atoms with van der Waals surface area (Å²) < 4.78 is 0. The number of hydrogen-bond acceptors (Lipinski definition) is 3. The van der Waals surface area contributed by atoms with Crippen molar-refractivity contribution >= 4 is 5.91 Å². The maximum atomic E-state index is 11.7. The summed E-state index contributed by atoms with van der Waals surface area (Å²) in [6.45, 7) is 0.597. The van der Waals surface area contributed by atoms with E-state index in [2.05, 4.69) is 11.4 Å². The van der Waals surface area contributed by atoms with E-state index in [0.717, 1.165) is 25.7 Å². The monoisotopic (exact) mass is 246 g/mol. The van der Waals surface area contributed by atoms with Gasteiger partial charge in [-0.1, -0.05) is 25.0 Å². The molecule has 0 saturated carbocycles. The summed E-state index contributed by atoms with van der Waals surface area (Å²) >= 11 is 0. The van der Waals surface area contributed by atoms with E-state index in [-0.39, 0.29) is 11.7 Å². The SMILES string of the molecule is N#CCCCCCCNC(=O)c1ccccc1O. The Morgan fingerprint density at radius 1 is 1.22 bits per heavy atom. The Morgan fingerprint density at radius 3 is 2.67 bits per heavy atom. The van der Waals surface area contributed by atoms with Gasteiger partial charge in [-0.05, 0) is 25.0 Å². The van der Waals surface area contributed by atoms with Gasteiger partial charge >= 0.3 is 0 Å². The lowest BCUT2D eigenvalue weighted by atomic mass is 10.1. The third-order valence-electron chi connectivity index (χ3n) is 2.65. The van der Waals surface area contributed by atoms with Gasteiger partial charge in [-0.25, -0.2) is 0 Å². The van der Waals surface area contributed by atoms with Crippen LogP contribution >= 0.6 is 0 Å².